The first-order valence-electron chi connectivity index (χ1n) is 10.2. The summed E-state index contributed by atoms with van der Waals surface area (Å²) in [5, 5.41) is 7.21. The summed E-state index contributed by atoms with van der Waals surface area (Å²) < 4.78 is 5.63. The molecule has 6 heteroatoms. The number of carbonyl (C=O) groups excluding carboxylic acids is 1. The quantitative estimate of drug-likeness (QED) is 0.874. The topological polar surface area (TPSA) is 65.4 Å². The Bertz CT molecular complexity index is 790. The molecule has 1 aliphatic heterocycles. The molecule has 1 N–H and O–H groups in total. The second-order valence-electron chi connectivity index (χ2n) is 8.43. The Morgan fingerprint density at radius 3 is 2.81 bits per heavy atom. The predicted molar refractivity (Wildman–Crippen MR) is 104 cm³/mol. The number of aryl methyl sites for hydroxylation is 1. The third-order valence-corrected chi connectivity index (χ3v) is 5.80. The predicted octanol–water partition coefficient (Wildman–Crippen LogP) is 3.56. The molecule has 1 atom stereocenters. The van der Waals surface area contributed by atoms with Crippen molar-refractivity contribution in [2.75, 3.05) is 26.2 Å². The van der Waals surface area contributed by atoms with Crippen LogP contribution < -0.4 is 0 Å². The van der Waals surface area contributed by atoms with Crippen molar-refractivity contribution < 1.29 is 9.21 Å². The highest BCUT2D eigenvalue weighted by atomic mass is 16.3. The molecule has 146 valence electrons. The molecule has 6 nitrogen and oxygen atoms in total. The van der Waals surface area contributed by atoms with Gasteiger partial charge in [-0.2, -0.15) is 5.10 Å². The molecule has 4 rings (SSSR count). The molecule has 2 aromatic rings. The van der Waals surface area contributed by atoms with Crippen molar-refractivity contribution in [3.8, 4) is 11.5 Å². The minimum absolute atomic E-state index is 0.0136. The highest BCUT2D eigenvalue weighted by molar-refractivity contribution is 5.93. The molecule has 27 heavy (non-hydrogen) atoms. The van der Waals surface area contributed by atoms with Crippen LogP contribution in [-0.4, -0.2) is 58.1 Å². The zero-order valence-electron chi connectivity index (χ0n) is 16.6. The number of H-pyrrole nitrogens is 1. The minimum Gasteiger partial charge on any atom is -0.460 e. The van der Waals surface area contributed by atoms with Gasteiger partial charge in [0.2, 0.25) is 0 Å². The third-order valence-electron chi connectivity index (χ3n) is 5.80. The largest absolute Gasteiger partial charge is 0.460 e. The van der Waals surface area contributed by atoms with Crippen LogP contribution >= 0.6 is 0 Å². The van der Waals surface area contributed by atoms with Crippen molar-refractivity contribution in [2.24, 2.45) is 11.8 Å². The summed E-state index contributed by atoms with van der Waals surface area (Å²) in [6.07, 6.45) is 3.76. The van der Waals surface area contributed by atoms with E-state index in [0.29, 0.717) is 23.4 Å². The number of furan rings is 1. The fraction of sp³-hybridized carbons (Fsp3) is 0.619. The zero-order chi connectivity index (χ0) is 19.0. The van der Waals surface area contributed by atoms with E-state index in [2.05, 4.69) is 28.9 Å². The van der Waals surface area contributed by atoms with Crippen LogP contribution in [0.15, 0.2) is 22.6 Å². The highest BCUT2D eigenvalue weighted by Crippen LogP contribution is 2.32. The van der Waals surface area contributed by atoms with Gasteiger partial charge in [-0.15, -0.1) is 0 Å². The summed E-state index contributed by atoms with van der Waals surface area (Å²) in [6.45, 7) is 10.3. The van der Waals surface area contributed by atoms with Gasteiger partial charge >= 0.3 is 0 Å². The van der Waals surface area contributed by atoms with Crippen LogP contribution in [0.4, 0.5) is 0 Å². The number of hydrogen-bond acceptors (Lipinski definition) is 4. The first kappa shape index (κ1) is 18.3. The molecule has 2 fully saturated rings. The van der Waals surface area contributed by atoms with Crippen LogP contribution in [0.1, 0.15) is 49.4 Å². The first-order chi connectivity index (χ1) is 13.0. The summed E-state index contributed by atoms with van der Waals surface area (Å²) in [4.78, 5) is 17.7. The molecule has 2 aromatic heterocycles. The molecule has 1 amide bonds. The molecule has 0 spiro atoms. The molecule has 0 bridgehead atoms. The molecule has 0 unspecified atom stereocenters. The molecule has 1 saturated carbocycles. The molecule has 2 aliphatic rings. The van der Waals surface area contributed by atoms with Crippen molar-refractivity contribution >= 4 is 5.91 Å². The van der Waals surface area contributed by atoms with Crippen LogP contribution in [0.3, 0.4) is 0 Å². The Balaban J connectivity index is 1.48. The van der Waals surface area contributed by atoms with Crippen molar-refractivity contribution in [2.45, 2.75) is 46.1 Å². The van der Waals surface area contributed by atoms with E-state index in [-0.39, 0.29) is 5.91 Å². The van der Waals surface area contributed by atoms with Gasteiger partial charge in [0, 0.05) is 38.3 Å². The molecular formula is C21H30N4O2. The standard InChI is InChI=1S/C21H30N4O2/c1-14(2)19-13-25(10-4-9-24(19)12-16-6-7-16)21(26)18-11-17(22-23-18)20-8-5-15(3)27-20/h5,8,11,14,16,19H,4,6-7,9-10,12-13H2,1-3H3,(H,22,23)/t19-/m0/s1. The second-order valence-corrected chi connectivity index (χ2v) is 8.43. The van der Waals surface area contributed by atoms with Gasteiger partial charge in [0.05, 0.1) is 0 Å². The van der Waals surface area contributed by atoms with E-state index in [1.807, 2.05) is 24.0 Å². The molecule has 1 saturated heterocycles. The molecule has 1 aliphatic carbocycles. The fourth-order valence-corrected chi connectivity index (χ4v) is 4.04. The maximum absolute atomic E-state index is 13.1. The van der Waals surface area contributed by atoms with E-state index in [1.54, 1.807) is 6.07 Å². The molecule has 0 aromatic carbocycles. The van der Waals surface area contributed by atoms with Gasteiger partial charge in [0.1, 0.15) is 11.5 Å². The maximum atomic E-state index is 13.1. The third kappa shape index (κ3) is 4.10. The van der Waals surface area contributed by atoms with E-state index in [0.717, 1.165) is 43.4 Å². The summed E-state index contributed by atoms with van der Waals surface area (Å²) in [5.41, 5.74) is 1.22. The summed E-state index contributed by atoms with van der Waals surface area (Å²) in [7, 11) is 0. The van der Waals surface area contributed by atoms with Gasteiger partial charge in [-0.1, -0.05) is 13.8 Å². The van der Waals surface area contributed by atoms with E-state index in [1.165, 1.54) is 19.4 Å². The average Bonchev–Trinajstić information content (AvgIpc) is 3.20. The second kappa shape index (κ2) is 7.50. The molecular weight excluding hydrogens is 340 g/mol. The van der Waals surface area contributed by atoms with Gasteiger partial charge in [-0.05, 0) is 50.2 Å². The normalized spacial score (nSPS) is 21.6. The SMILES string of the molecule is Cc1ccc(-c2cc(C(=O)N3CCCN(CC4CC4)[C@H](C(C)C)C3)n[nH]2)o1. The monoisotopic (exact) mass is 370 g/mol. The van der Waals surface area contributed by atoms with Gasteiger partial charge in [0.15, 0.2) is 11.5 Å². The van der Waals surface area contributed by atoms with E-state index >= 15 is 0 Å². The first-order valence-corrected chi connectivity index (χ1v) is 10.2. The van der Waals surface area contributed by atoms with Crippen LogP contribution in [0, 0.1) is 18.8 Å². The van der Waals surface area contributed by atoms with Crippen LogP contribution in [0.25, 0.3) is 11.5 Å². The lowest BCUT2D eigenvalue weighted by atomic mass is 10.0. The summed E-state index contributed by atoms with van der Waals surface area (Å²) in [6, 6.07) is 6.03. The fourth-order valence-electron chi connectivity index (χ4n) is 4.04. The lowest BCUT2D eigenvalue weighted by Crippen LogP contribution is -2.46. The van der Waals surface area contributed by atoms with Crippen molar-refractivity contribution in [3.05, 3.63) is 29.7 Å². The average molecular weight is 370 g/mol. The van der Waals surface area contributed by atoms with Crippen molar-refractivity contribution in [3.63, 3.8) is 0 Å². The molecule has 0 radical (unpaired) electrons. The number of aromatic nitrogens is 2. The zero-order valence-corrected chi connectivity index (χ0v) is 16.6. The minimum atomic E-state index is 0.0136. The number of hydrogen-bond donors (Lipinski definition) is 1. The number of carbonyl (C=O) groups is 1. The Labute approximate surface area is 160 Å². The number of amides is 1. The van der Waals surface area contributed by atoms with Gasteiger partial charge in [-0.25, -0.2) is 0 Å². The summed E-state index contributed by atoms with van der Waals surface area (Å²) in [5.74, 6) is 2.97. The van der Waals surface area contributed by atoms with Gasteiger partial charge in [-0.3, -0.25) is 14.8 Å². The Morgan fingerprint density at radius 2 is 2.15 bits per heavy atom. The Hall–Kier alpha value is -2.08. The van der Waals surface area contributed by atoms with Crippen LogP contribution in [0.2, 0.25) is 0 Å². The van der Waals surface area contributed by atoms with Crippen LogP contribution in [0.5, 0.6) is 0 Å². The number of rotatable bonds is 5. The molecule has 3 heterocycles. The van der Waals surface area contributed by atoms with E-state index in [4.69, 9.17) is 4.42 Å². The number of nitrogens with one attached hydrogen (secondary N) is 1. The smallest absolute Gasteiger partial charge is 0.274 e. The van der Waals surface area contributed by atoms with Crippen molar-refractivity contribution in [1.29, 1.82) is 0 Å². The Kier molecular flexibility index (Phi) is 5.08. The van der Waals surface area contributed by atoms with E-state index < -0.39 is 0 Å². The summed E-state index contributed by atoms with van der Waals surface area (Å²) >= 11 is 0. The highest BCUT2D eigenvalue weighted by Gasteiger charge is 2.34. The number of nitrogens with zero attached hydrogens (tertiary/aromatic N) is 3. The van der Waals surface area contributed by atoms with Crippen LogP contribution in [-0.2, 0) is 0 Å². The van der Waals surface area contributed by atoms with Gasteiger partial charge in [0.25, 0.3) is 5.91 Å². The lowest BCUT2D eigenvalue weighted by molar-refractivity contribution is 0.0698. The number of aromatic amines is 1. The van der Waals surface area contributed by atoms with E-state index in [9.17, 15) is 4.79 Å². The van der Waals surface area contributed by atoms with Crippen molar-refractivity contribution in [1.82, 2.24) is 20.0 Å². The maximum Gasteiger partial charge on any atom is 0.274 e. The lowest BCUT2D eigenvalue weighted by Gasteiger charge is -2.34. The van der Waals surface area contributed by atoms with Gasteiger partial charge < -0.3 is 9.32 Å². The Morgan fingerprint density at radius 1 is 1.33 bits per heavy atom.